The van der Waals surface area contributed by atoms with E-state index >= 15 is 0 Å². The summed E-state index contributed by atoms with van der Waals surface area (Å²) in [6.45, 7) is 2.80. The smallest absolute Gasteiger partial charge is 0.333 e. The molecule has 0 bridgehead atoms. The molecule has 3 rings (SSSR count). The normalized spacial score (nSPS) is 17.0. The van der Waals surface area contributed by atoms with E-state index in [0.29, 0.717) is 30.2 Å². The quantitative estimate of drug-likeness (QED) is 0.535. The van der Waals surface area contributed by atoms with Crippen molar-refractivity contribution in [2.75, 3.05) is 25.2 Å². The Balaban J connectivity index is 1.55. The summed E-state index contributed by atoms with van der Waals surface area (Å²) >= 11 is 5.91. The number of carbonyl (C=O) groups excluding carboxylic acids is 2. The van der Waals surface area contributed by atoms with E-state index in [1.165, 1.54) is 7.11 Å². The number of anilines is 1. The first kappa shape index (κ1) is 20.0. The molecule has 1 amide bonds. The SMILES string of the molecule is COC(=O)C(C)=Cc1ccc(OCC2CC(=O)N(c3ccc(Cl)cc3)C2)cc1. The van der Waals surface area contributed by atoms with Gasteiger partial charge in [-0.05, 0) is 55.0 Å². The predicted octanol–water partition coefficient (Wildman–Crippen LogP) is 4.35. The molecule has 1 saturated heterocycles. The number of hydrogen-bond acceptors (Lipinski definition) is 4. The lowest BCUT2D eigenvalue weighted by Gasteiger charge is -2.17. The molecular weight excluding hydrogens is 378 g/mol. The van der Waals surface area contributed by atoms with Crippen LogP contribution in [0.25, 0.3) is 6.08 Å². The van der Waals surface area contributed by atoms with Crippen LogP contribution in [0.5, 0.6) is 5.75 Å². The highest BCUT2D eigenvalue weighted by atomic mass is 35.5. The summed E-state index contributed by atoms with van der Waals surface area (Å²) in [7, 11) is 1.36. The van der Waals surface area contributed by atoms with Crippen LogP contribution in [0, 0.1) is 5.92 Å². The first-order chi connectivity index (χ1) is 13.5. The maximum Gasteiger partial charge on any atom is 0.333 e. The molecule has 28 heavy (non-hydrogen) atoms. The van der Waals surface area contributed by atoms with E-state index in [4.69, 9.17) is 16.3 Å². The Labute approximate surface area is 169 Å². The molecular formula is C22H22ClNO4. The van der Waals surface area contributed by atoms with Gasteiger partial charge in [0, 0.05) is 35.2 Å². The minimum Gasteiger partial charge on any atom is -0.493 e. The van der Waals surface area contributed by atoms with Crippen molar-refractivity contribution < 1.29 is 19.1 Å². The molecule has 2 aromatic carbocycles. The number of halogens is 1. The Bertz CT molecular complexity index is 874. The number of benzene rings is 2. The molecule has 0 N–H and O–H groups in total. The van der Waals surface area contributed by atoms with Crippen molar-refractivity contribution in [3.05, 3.63) is 64.7 Å². The zero-order valence-corrected chi connectivity index (χ0v) is 16.6. The van der Waals surface area contributed by atoms with Gasteiger partial charge in [-0.1, -0.05) is 23.7 Å². The van der Waals surface area contributed by atoms with Crippen LogP contribution in [-0.4, -0.2) is 32.1 Å². The summed E-state index contributed by atoms with van der Waals surface area (Å²) in [5.41, 5.74) is 2.28. The molecule has 0 aliphatic carbocycles. The third kappa shape index (κ3) is 4.93. The molecule has 1 aliphatic rings. The molecule has 1 heterocycles. The first-order valence-corrected chi connectivity index (χ1v) is 9.39. The van der Waals surface area contributed by atoms with Crippen molar-refractivity contribution >= 4 is 35.2 Å². The van der Waals surface area contributed by atoms with Gasteiger partial charge in [0.05, 0.1) is 13.7 Å². The van der Waals surface area contributed by atoms with Crippen LogP contribution in [0.1, 0.15) is 18.9 Å². The predicted molar refractivity (Wildman–Crippen MR) is 110 cm³/mol. The van der Waals surface area contributed by atoms with Crippen molar-refractivity contribution in [1.29, 1.82) is 0 Å². The molecule has 1 atom stereocenters. The number of hydrogen-bond donors (Lipinski definition) is 0. The Hall–Kier alpha value is -2.79. The van der Waals surface area contributed by atoms with Crippen molar-refractivity contribution in [2.45, 2.75) is 13.3 Å². The summed E-state index contributed by atoms with van der Waals surface area (Å²) in [5.74, 6) is 0.598. The lowest BCUT2D eigenvalue weighted by molar-refractivity contribution is -0.135. The molecule has 0 spiro atoms. The minimum atomic E-state index is -0.350. The average Bonchev–Trinajstić information content (AvgIpc) is 3.08. The maximum absolute atomic E-state index is 12.3. The van der Waals surface area contributed by atoms with Gasteiger partial charge < -0.3 is 14.4 Å². The van der Waals surface area contributed by atoms with E-state index < -0.39 is 0 Å². The van der Waals surface area contributed by atoms with Gasteiger partial charge in [-0.2, -0.15) is 0 Å². The third-order valence-electron chi connectivity index (χ3n) is 4.60. The highest BCUT2D eigenvalue weighted by molar-refractivity contribution is 6.30. The molecule has 2 aromatic rings. The molecule has 0 saturated carbocycles. The number of carbonyl (C=O) groups is 2. The Morgan fingerprint density at radius 3 is 2.50 bits per heavy atom. The Morgan fingerprint density at radius 1 is 1.18 bits per heavy atom. The highest BCUT2D eigenvalue weighted by Crippen LogP contribution is 2.27. The summed E-state index contributed by atoms with van der Waals surface area (Å²) < 4.78 is 10.5. The lowest BCUT2D eigenvalue weighted by Crippen LogP contribution is -2.25. The fourth-order valence-electron chi connectivity index (χ4n) is 3.11. The van der Waals surface area contributed by atoms with E-state index in [-0.39, 0.29) is 17.8 Å². The summed E-state index contributed by atoms with van der Waals surface area (Å²) in [6, 6.07) is 14.7. The zero-order chi connectivity index (χ0) is 20.1. The van der Waals surface area contributed by atoms with Crippen LogP contribution < -0.4 is 9.64 Å². The second-order valence-electron chi connectivity index (χ2n) is 6.75. The highest BCUT2D eigenvalue weighted by Gasteiger charge is 2.31. The van der Waals surface area contributed by atoms with Crippen molar-refractivity contribution in [3.8, 4) is 5.75 Å². The van der Waals surface area contributed by atoms with Crippen LogP contribution in [0.3, 0.4) is 0 Å². The Kier molecular flexibility index (Phi) is 6.37. The van der Waals surface area contributed by atoms with Crippen molar-refractivity contribution in [3.63, 3.8) is 0 Å². The van der Waals surface area contributed by atoms with Crippen LogP contribution >= 0.6 is 11.6 Å². The maximum atomic E-state index is 12.3. The summed E-state index contributed by atoms with van der Waals surface area (Å²) in [4.78, 5) is 25.5. The number of rotatable bonds is 6. The first-order valence-electron chi connectivity index (χ1n) is 9.01. The fourth-order valence-corrected chi connectivity index (χ4v) is 3.23. The van der Waals surface area contributed by atoms with Gasteiger partial charge in [-0.15, -0.1) is 0 Å². The lowest BCUT2D eigenvalue weighted by atomic mass is 10.1. The van der Waals surface area contributed by atoms with Gasteiger partial charge in [0.1, 0.15) is 5.75 Å². The molecule has 146 valence electrons. The van der Waals surface area contributed by atoms with E-state index in [1.807, 2.05) is 36.4 Å². The summed E-state index contributed by atoms with van der Waals surface area (Å²) in [6.07, 6.45) is 2.22. The van der Waals surface area contributed by atoms with Crippen LogP contribution in [0.2, 0.25) is 5.02 Å². The standard InChI is InChI=1S/C22H22ClNO4/c1-15(22(26)27-2)11-16-3-9-20(10-4-16)28-14-17-12-21(25)24(13-17)19-7-5-18(23)6-8-19/h3-11,17H,12-14H2,1-2H3. The average molecular weight is 400 g/mol. The molecule has 1 unspecified atom stereocenters. The zero-order valence-electron chi connectivity index (χ0n) is 15.9. The second kappa shape index (κ2) is 8.93. The van der Waals surface area contributed by atoms with E-state index in [9.17, 15) is 9.59 Å². The number of ether oxygens (including phenoxy) is 2. The molecule has 5 nitrogen and oxygen atoms in total. The minimum absolute atomic E-state index is 0.0923. The third-order valence-corrected chi connectivity index (χ3v) is 4.85. The topological polar surface area (TPSA) is 55.8 Å². The number of methoxy groups -OCH3 is 1. The van der Waals surface area contributed by atoms with E-state index in [0.717, 1.165) is 17.0 Å². The molecule has 6 heteroatoms. The van der Waals surface area contributed by atoms with Gasteiger partial charge in [-0.3, -0.25) is 4.79 Å². The van der Waals surface area contributed by atoms with Crippen molar-refractivity contribution in [1.82, 2.24) is 0 Å². The largest absolute Gasteiger partial charge is 0.493 e. The van der Waals surface area contributed by atoms with Crippen molar-refractivity contribution in [2.24, 2.45) is 5.92 Å². The number of amides is 1. The van der Waals surface area contributed by atoms with Crippen LogP contribution in [0.4, 0.5) is 5.69 Å². The van der Waals surface area contributed by atoms with E-state index in [2.05, 4.69) is 4.74 Å². The fraction of sp³-hybridized carbons (Fsp3) is 0.273. The molecule has 0 aromatic heterocycles. The van der Waals surface area contributed by atoms with Crippen LogP contribution in [-0.2, 0) is 14.3 Å². The van der Waals surface area contributed by atoms with Gasteiger partial charge in [0.15, 0.2) is 0 Å². The van der Waals surface area contributed by atoms with Gasteiger partial charge in [0.2, 0.25) is 5.91 Å². The number of nitrogens with zero attached hydrogens (tertiary/aromatic N) is 1. The summed E-state index contributed by atoms with van der Waals surface area (Å²) in [5, 5.41) is 0.648. The molecule has 0 radical (unpaired) electrons. The number of esters is 1. The Morgan fingerprint density at radius 2 is 1.86 bits per heavy atom. The van der Waals surface area contributed by atoms with Gasteiger partial charge in [0.25, 0.3) is 0 Å². The van der Waals surface area contributed by atoms with Crippen LogP contribution in [0.15, 0.2) is 54.1 Å². The van der Waals surface area contributed by atoms with Gasteiger partial charge in [-0.25, -0.2) is 4.79 Å². The second-order valence-corrected chi connectivity index (χ2v) is 7.19. The molecule has 1 fully saturated rings. The monoisotopic (exact) mass is 399 g/mol. The molecule has 1 aliphatic heterocycles. The van der Waals surface area contributed by atoms with Gasteiger partial charge >= 0.3 is 5.97 Å². The van der Waals surface area contributed by atoms with E-state index in [1.54, 1.807) is 30.0 Å².